The first-order chi connectivity index (χ1) is 9.65. The minimum absolute atomic E-state index is 0.0890. The SMILES string of the molecule is Cc1cc(O)c(Cl)c(C)c1Cl.Cc1cc(O)cc(C)c1Cl. The topological polar surface area (TPSA) is 40.5 Å². The second-order valence-corrected chi connectivity index (χ2v) is 5.99. The zero-order valence-electron chi connectivity index (χ0n) is 12.3. The molecule has 2 rings (SSSR count). The van der Waals surface area contributed by atoms with Crippen molar-refractivity contribution in [3.63, 3.8) is 0 Å². The summed E-state index contributed by atoms with van der Waals surface area (Å²) in [6, 6.07) is 4.85. The molecule has 0 radical (unpaired) electrons. The van der Waals surface area contributed by atoms with Crippen molar-refractivity contribution in [1.82, 2.24) is 0 Å². The first-order valence-corrected chi connectivity index (χ1v) is 7.38. The highest BCUT2D eigenvalue weighted by atomic mass is 35.5. The van der Waals surface area contributed by atoms with Crippen LogP contribution in [-0.2, 0) is 0 Å². The molecule has 21 heavy (non-hydrogen) atoms. The molecular weight excluding hydrogens is 331 g/mol. The first kappa shape index (κ1) is 18.0. The molecule has 0 aliphatic heterocycles. The van der Waals surface area contributed by atoms with Crippen LogP contribution in [-0.4, -0.2) is 10.2 Å². The van der Waals surface area contributed by atoms with Crippen LogP contribution in [0.5, 0.6) is 11.5 Å². The van der Waals surface area contributed by atoms with Gasteiger partial charge in [0.05, 0.1) is 5.02 Å². The zero-order chi connectivity index (χ0) is 16.3. The van der Waals surface area contributed by atoms with Crippen LogP contribution in [0.2, 0.25) is 15.1 Å². The van der Waals surface area contributed by atoms with Gasteiger partial charge in [0, 0.05) is 10.0 Å². The van der Waals surface area contributed by atoms with E-state index in [4.69, 9.17) is 39.9 Å². The highest BCUT2D eigenvalue weighted by Gasteiger charge is 2.08. The Kier molecular flexibility index (Phi) is 6.21. The highest BCUT2D eigenvalue weighted by molar-refractivity contribution is 6.37. The van der Waals surface area contributed by atoms with Gasteiger partial charge in [-0.3, -0.25) is 0 Å². The van der Waals surface area contributed by atoms with Gasteiger partial charge in [0.15, 0.2) is 0 Å². The van der Waals surface area contributed by atoms with Crippen molar-refractivity contribution in [1.29, 1.82) is 0 Å². The number of benzene rings is 2. The molecule has 0 aliphatic carbocycles. The third-order valence-electron chi connectivity index (χ3n) is 3.00. The first-order valence-electron chi connectivity index (χ1n) is 6.25. The standard InChI is InChI=1S/C8H8Cl2O.C8H9ClO/c1-4-3-6(11)8(10)5(2)7(4)9;1-5-3-7(10)4-6(2)8(5)9/h3,11H,1-2H3;3-4,10H,1-2H3. The van der Waals surface area contributed by atoms with E-state index in [0.717, 1.165) is 27.3 Å². The molecule has 0 amide bonds. The maximum atomic E-state index is 9.21. The number of halogens is 3. The summed E-state index contributed by atoms with van der Waals surface area (Å²) in [5.41, 5.74) is 3.40. The Hall–Kier alpha value is -1.09. The van der Waals surface area contributed by atoms with Crippen molar-refractivity contribution in [3.05, 3.63) is 55.5 Å². The van der Waals surface area contributed by atoms with E-state index >= 15 is 0 Å². The summed E-state index contributed by atoms with van der Waals surface area (Å²) in [6.45, 7) is 7.34. The van der Waals surface area contributed by atoms with Gasteiger partial charge in [-0.1, -0.05) is 34.8 Å². The fourth-order valence-corrected chi connectivity index (χ4v) is 2.29. The van der Waals surface area contributed by atoms with Crippen LogP contribution in [0.25, 0.3) is 0 Å². The molecule has 114 valence electrons. The Balaban J connectivity index is 0.000000211. The number of hydrogen-bond acceptors (Lipinski definition) is 2. The molecule has 0 heterocycles. The average Bonchev–Trinajstić information content (AvgIpc) is 2.41. The van der Waals surface area contributed by atoms with Gasteiger partial charge in [-0.25, -0.2) is 0 Å². The van der Waals surface area contributed by atoms with E-state index in [0.29, 0.717) is 10.0 Å². The number of rotatable bonds is 0. The summed E-state index contributed by atoms with van der Waals surface area (Å²) in [4.78, 5) is 0. The maximum Gasteiger partial charge on any atom is 0.134 e. The lowest BCUT2D eigenvalue weighted by molar-refractivity contribution is 0.474. The van der Waals surface area contributed by atoms with Gasteiger partial charge in [-0.05, 0) is 68.1 Å². The summed E-state index contributed by atoms with van der Waals surface area (Å²) in [5, 5.41) is 20.0. The lowest BCUT2D eigenvalue weighted by atomic mass is 10.1. The second-order valence-electron chi connectivity index (χ2n) is 4.86. The third-order valence-corrected chi connectivity index (χ3v) is 4.66. The molecule has 2 N–H and O–H groups in total. The quantitative estimate of drug-likeness (QED) is 0.615. The summed E-state index contributed by atoms with van der Waals surface area (Å²) in [5.74, 6) is 0.366. The summed E-state index contributed by atoms with van der Waals surface area (Å²) in [6.07, 6.45) is 0. The molecule has 0 atom stereocenters. The molecule has 0 bridgehead atoms. The van der Waals surface area contributed by atoms with Gasteiger partial charge in [-0.2, -0.15) is 0 Å². The molecule has 2 aromatic rings. The van der Waals surface area contributed by atoms with Crippen LogP contribution < -0.4 is 0 Å². The zero-order valence-corrected chi connectivity index (χ0v) is 14.5. The van der Waals surface area contributed by atoms with Gasteiger partial charge in [0.1, 0.15) is 11.5 Å². The Morgan fingerprint density at radius 3 is 1.57 bits per heavy atom. The van der Waals surface area contributed by atoms with Crippen LogP contribution >= 0.6 is 34.8 Å². The molecule has 0 aromatic heterocycles. The van der Waals surface area contributed by atoms with Crippen molar-refractivity contribution in [3.8, 4) is 11.5 Å². The lowest BCUT2D eigenvalue weighted by Crippen LogP contribution is -1.83. The highest BCUT2D eigenvalue weighted by Crippen LogP contribution is 2.34. The number of hydrogen-bond donors (Lipinski definition) is 2. The smallest absolute Gasteiger partial charge is 0.134 e. The average molecular weight is 348 g/mol. The third kappa shape index (κ3) is 4.44. The van der Waals surface area contributed by atoms with E-state index in [2.05, 4.69) is 0 Å². The Morgan fingerprint density at radius 1 is 0.667 bits per heavy atom. The van der Waals surface area contributed by atoms with Crippen LogP contribution in [0.4, 0.5) is 0 Å². The van der Waals surface area contributed by atoms with Crippen molar-refractivity contribution >= 4 is 34.8 Å². The molecule has 0 aliphatic rings. The molecular formula is C16H17Cl3O2. The van der Waals surface area contributed by atoms with Crippen molar-refractivity contribution < 1.29 is 10.2 Å². The molecule has 2 aromatic carbocycles. The van der Waals surface area contributed by atoms with E-state index in [1.165, 1.54) is 0 Å². The van der Waals surface area contributed by atoms with Gasteiger partial charge in [0.25, 0.3) is 0 Å². The predicted octanol–water partition coefficient (Wildman–Crippen LogP) is 5.98. The number of phenols is 2. The second kappa shape index (κ2) is 7.26. The van der Waals surface area contributed by atoms with E-state index in [-0.39, 0.29) is 11.5 Å². The Labute approximate surface area is 139 Å². The molecule has 0 saturated heterocycles. The summed E-state index contributed by atoms with van der Waals surface area (Å²) in [7, 11) is 0. The van der Waals surface area contributed by atoms with Crippen LogP contribution in [0, 0.1) is 27.7 Å². The Morgan fingerprint density at radius 2 is 1.10 bits per heavy atom. The molecule has 0 unspecified atom stereocenters. The minimum atomic E-state index is 0.0890. The maximum absolute atomic E-state index is 9.21. The molecule has 0 saturated carbocycles. The summed E-state index contributed by atoms with van der Waals surface area (Å²) >= 11 is 17.4. The molecule has 0 spiro atoms. The fraction of sp³-hybridized carbons (Fsp3) is 0.250. The van der Waals surface area contributed by atoms with Crippen molar-refractivity contribution in [2.45, 2.75) is 27.7 Å². The van der Waals surface area contributed by atoms with Gasteiger partial charge in [0.2, 0.25) is 0 Å². The Bertz CT molecular complexity index is 618. The molecule has 5 heteroatoms. The molecule has 2 nitrogen and oxygen atoms in total. The number of phenolic OH excluding ortho intramolecular Hbond substituents is 2. The monoisotopic (exact) mass is 346 g/mol. The molecule has 0 fully saturated rings. The fourth-order valence-electron chi connectivity index (χ4n) is 1.84. The predicted molar refractivity (Wildman–Crippen MR) is 90.2 cm³/mol. The van der Waals surface area contributed by atoms with Gasteiger partial charge < -0.3 is 10.2 Å². The van der Waals surface area contributed by atoms with Crippen LogP contribution in [0.3, 0.4) is 0 Å². The lowest BCUT2D eigenvalue weighted by Gasteiger charge is -2.05. The minimum Gasteiger partial charge on any atom is -0.508 e. The largest absolute Gasteiger partial charge is 0.508 e. The normalized spacial score (nSPS) is 10.0. The van der Waals surface area contributed by atoms with E-state index in [1.54, 1.807) is 25.1 Å². The van der Waals surface area contributed by atoms with Crippen LogP contribution in [0.1, 0.15) is 22.3 Å². The van der Waals surface area contributed by atoms with Crippen molar-refractivity contribution in [2.24, 2.45) is 0 Å². The van der Waals surface area contributed by atoms with Crippen LogP contribution in [0.15, 0.2) is 18.2 Å². The van der Waals surface area contributed by atoms with Gasteiger partial charge in [-0.15, -0.1) is 0 Å². The van der Waals surface area contributed by atoms with Crippen molar-refractivity contribution in [2.75, 3.05) is 0 Å². The van der Waals surface area contributed by atoms with Gasteiger partial charge >= 0.3 is 0 Å². The summed E-state index contributed by atoms with van der Waals surface area (Å²) < 4.78 is 0. The number of aromatic hydroxyl groups is 2. The van der Waals surface area contributed by atoms with E-state index < -0.39 is 0 Å². The number of aryl methyl sites for hydroxylation is 3. The van der Waals surface area contributed by atoms with E-state index in [1.807, 2.05) is 20.8 Å². The van der Waals surface area contributed by atoms with E-state index in [9.17, 15) is 5.11 Å².